The molecule has 1 rings (SSSR count). The van der Waals surface area contributed by atoms with Crippen LogP contribution in [0.15, 0.2) is 0 Å². The maximum atomic E-state index is 11.5. The van der Waals surface area contributed by atoms with Gasteiger partial charge in [0.05, 0.1) is 0 Å². The van der Waals surface area contributed by atoms with Gasteiger partial charge in [0.1, 0.15) is 5.82 Å². The summed E-state index contributed by atoms with van der Waals surface area (Å²) in [5, 5.41) is 0. The van der Waals surface area contributed by atoms with Crippen LogP contribution in [-0.4, -0.2) is 39.9 Å². The molecule has 0 radical (unpaired) electrons. The van der Waals surface area contributed by atoms with Crippen molar-refractivity contribution in [1.82, 2.24) is 15.0 Å². The second-order valence-electron chi connectivity index (χ2n) is 4.01. The largest absolute Gasteiger partial charge is 0.281 e. The van der Waals surface area contributed by atoms with Gasteiger partial charge >= 0.3 is 0 Å². The summed E-state index contributed by atoms with van der Waals surface area (Å²) in [6.45, 7) is 9.20. The third kappa shape index (κ3) is 3.46. The normalized spacial score (nSPS) is 10.2. The van der Waals surface area contributed by atoms with Gasteiger partial charge < -0.3 is 0 Å². The number of hydrogen-bond acceptors (Lipinski definition) is 5. The molecule has 0 unspecified atom stereocenters. The fourth-order valence-corrected chi connectivity index (χ4v) is 1.71. The van der Waals surface area contributed by atoms with E-state index in [0.29, 0.717) is 18.9 Å². The van der Waals surface area contributed by atoms with Gasteiger partial charge in [-0.05, 0) is 20.8 Å². The van der Waals surface area contributed by atoms with Crippen LogP contribution < -0.4 is 9.80 Å². The van der Waals surface area contributed by atoms with E-state index in [2.05, 4.69) is 15.0 Å². The van der Waals surface area contributed by atoms with Crippen molar-refractivity contribution in [2.24, 2.45) is 0 Å². The first kappa shape index (κ1) is 15.0. The molecule has 19 heavy (non-hydrogen) atoms. The van der Waals surface area contributed by atoms with Crippen molar-refractivity contribution in [2.45, 2.75) is 34.6 Å². The van der Waals surface area contributed by atoms with Crippen LogP contribution in [0.3, 0.4) is 0 Å². The van der Waals surface area contributed by atoms with Crippen molar-refractivity contribution < 1.29 is 9.59 Å². The van der Waals surface area contributed by atoms with Gasteiger partial charge in [-0.25, -0.2) is 0 Å². The summed E-state index contributed by atoms with van der Waals surface area (Å²) in [5.41, 5.74) is 0. The maximum Gasteiger partial charge on any atom is 0.237 e. The summed E-state index contributed by atoms with van der Waals surface area (Å²) in [4.78, 5) is 38.4. The monoisotopic (exact) mass is 265 g/mol. The van der Waals surface area contributed by atoms with Gasteiger partial charge in [-0.1, -0.05) is 0 Å². The molecule has 0 bridgehead atoms. The summed E-state index contributed by atoms with van der Waals surface area (Å²) >= 11 is 0. The van der Waals surface area contributed by atoms with E-state index >= 15 is 0 Å². The number of nitrogens with zero attached hydrogens (tertiary/aromatic N) is 5. The highest BCUT2D eigenvalue weighted by atomic mass is 16.2. The van der Waals surface area contributed by atoms with Gasteiger partial charge in [-0.2, -0.15) is 15.0 Å². The molecule has 0 aliphatic carbocycles. The van der Waals surface area contributed by atoms with Gasteiger partial charge in [0.15, 0.2) is 0 Å². The van der Waals surface area contributed by atoms with E-state index in [1.54, 1.807) is 6.92 Å². The predicted molar refractivity (Wildman–Crippen MR) is 72.0 cm³/mol. The van der Waals surface area contributed by atoms with E-state index in [1.807, 2.05) is 13.8 Å². The van der Waals surface area contributed by atoms with Crippen molar-refractivity contribution in [3.8, 4) is 0 Å². The first-order valence-corrected chi connectivity index (χ1v) is 6.19. The Morgan fingerprint density at radius 3 is 1.53 bits per heavy atom. The summed E-state index contributed by atoms with van der Waals surface area (Å²) in [5.74, 6) is 0.726. The van der Waals surface area contributed by atoms with Gasteiger partial charge in [-0.15, -0.1) is 0 Å². The number of rotatable bonds is 4. The number of amides is 2. The Labute approximate surface area is 112 Å². The number of anilines is 2. The van der Waals surface area contributed by atoms with Crippen LogP contribution in [0.1, 0.15) is 33.5 Å². The number of aryl methyl sites for hydroxylation is 1. The molecule has 1 heterocycles. The van der Waals surface area contributed by atoms with Crippen LogP contribution in [0.5, 0.6) is 0 Å². The molecule has 0 atom stereocenters. The third-order valence-corrected chi connectivity index (χ3v) is 2.60. The highest BCUT2D eigenvalue weighted by Crippen LogP contribution is 2.14. The summed E-state index contributed by atoms with van der Waals surface area (Å²) in [6.07, 6.45) is 0. The van der Waals surface area contributed by atoms with E-state index in [1.165, 1.54) is 23.6 Å². The fourth-order valence-electron chi connectivity index (χ4n) is 1.71. The molecule has 0 aliphatic heterocycles. The maximum absolute atomic E-state index is 11.5. The Balaban J connectivity index is 3.26. The number of carbonyl (C=O) groups excluding carboxylic acids is 2. The van der Waals surface area contributed by atoms with Crippen molar-refractivity contribution >= 4 is 23.7 Å². The Morgan fingerprint density at radius 1 is 0.895 bits per heavy atom. The minimum atomic E-state index is -0.148. The molecule has 0 aliphatic rings. The molecule has 7 nitrogen and oxygen atoms in total. The van der Waals surface area contributed by atoms with E-state index in [0.717, 1.165) is 0 Å². The van der Waals surface area contributed by atoms with Gasteiger partial charge in [-0.3, -0.25) is 19.4 Å². The number of carbonyl (C=O) groups is 2. The minimum absolute atomic E-state index is 0.148. The van der Waals surface area contributed by atoms with E-state index in [-0.39, 0.29) is 23.7 Å². The number of aromatic nitrogens is 3. The summed E-state index contributed by atoms with van der Waals surface area (Å²) in [7, 11) is 0. The van der Waals surface area contributed by atoms with E-state index in [4.69, 9.17) is 0 Å². The second-order valence-corrected chi connectivity index (χ2v) is 4.01. The van der Waals surface area contributed by atoms with Crippen molar-refractivity contribution in [1.29, 1.82) is 0 Å². The SMILES string of the molecule is CCN(C(C)=O)c1nc(C)nc(N(CC)C(C)=O)n1. The predicted octanol–water partition coefficient (Wildman–Crippen LogP) is 0.926. The van der Waals surface area contributed by atoms with Crippen LogP contribution in [0.25, 0.3) is 0 Å². The molecule has 7 heteroatoms. The lowest BCUT2D eigenvalue weighted by Crippen LogP contribution is -2.33. The van der Waals surface area contributed by atoms with Gasteiger partial charge in [0, 0.05) is 26.9 Å². The Morgan fingerprint density at radius 2 is 1.26 bits per heavy atom. The lowest BCUT2D eigenvalue weighted by molar-refractivity contribution is -0.117. The molecule has 0 saturated carbocycles. The van der Waals surface area contributed by atoms with Crippen molar-refractivity contribution in [3.05, 3.63) is 5.82 Å². The molecule has 0 aromatic carbocycles. The summed E-state index contributed by atoms with van der Waals surface area (Å²) < 4.78 is 0. The van der Waals surface area contributed by atoms with Crippen molar-refractivity contribution in [3.63, 3.8) is 0 Å². The summed E-state index contributed by atoms with van der Waals surface area (Å²) in [6, 6.07) is 0. The molecule has 1 aromatic heterocycles. The average molecular weight is 265 g/mol. The fraction of sp³-hybridized carbons (Fsp3) is 0.583. The zero-order valence-electron chi connectivity index (χ0n) is 12.0. The molecular weight excluding hydrogens is 246 g/mol. The molecule has 0 saturated heterocycles. The zero-order chi connectivity index (χ0) is 14.6. The Kier molecular flexibility index (Phi) is 4.91. The van der Waals surface area contributed by atoms with Crippen LogP contribution in [-0.2, 0) is 9.59 Å². The topological polar surface area (TPSA) is 79.3 Å². The zero-order valence-corrected chi connectivity index (χ0v) is 12.0. The Hall–Kier alpha value is -2.05. The van der Waals surface area contributed by atoms with Crippen LogP contribution in [0, 0.1) is 6.92 Å². The number of hydrogen-bond donors (Lipinski definition) is 0. The van der Waals surface area contributed by atoms with Crippen LogP contribution in [0.2, 0.25) is 0 Å². The lowest BCUT2D eigenvalue weighted by atomic mass is 10.5. The van der Waals surface area contributed by atoms with Crippen molar-refractivity contribution in [2.75, 3.05) is 22.9 Å². The smallest absolute Gasteiger partial charge is 0.237 e. The highest BCUT2D eigenvalue weighted by Gasteiger charge is 2.18. The van der Waals surface area contributed by atoms with Crippen LogP contribution in [0.4, 0.5) is 11.9 Å². The first-order chi connectivity index (χ1) is 8.90. The average Bonchev–Trinajstić information content (AvgIpc) is 2.28. The molecule has 0 spiro atoms. The van der Waals surface area contributed by atoms with E-state index < -0.39 is 0 Å². The highest BCUT2D eigenvalue weighted by molar-refractivity contribution is 5.91. The second kappa shape index (κ2) is 6.21. The molecule has 104 valence electrons. The first-order valence-electron chi connectivity index (χ1n) is 6.19. The van der Waals surface area contributed by atoms with Gasteiger partial charge in [0.25, 0.3) is 0 Å². The quantitative estimate of drug-likeness (QED) is 0.809. The molecule has 0 N–H and O–H groups in total. The molecular formula is C12H19N5O2. The lowest BCUT2D eigenvalue weighted by Gasteiger charge is -2.21. The standard InChI is InChI=1S/C12H19N5O2/c1-6-16(9(4)18)11-13-8(3)14-12(15-11)17(7-2)10(5)19/h6-7H2,1-5H3. The Bertz CT molecular complexity index is 449. The molecule has 1 aromatic rings. The molecule has 2 amide bonds. The van der Waals surface area contributed by atoms with E-state index in [9.17, 15) is 9.59 Å². The van der Waals surface area contributed by atoms with Gasteiger partial charge in [0.2, 0.25) is 23.7 Å². The third-order valence-electron chi connectivity index (χ3n) is 2.60. The van der Waals surface area contributed by atoms with Crippen LogP contribution >= 0.6 is 0 Å². The minimum Gasteiger partial charge on any atom is -0.281 e. The molecule has 0 fully saturated rings.